The molecule has 0 aliphatic carbocycles. The van der Waals surface area contributed by atoms with E-state index in [1.54, 1.807) is 29.1 Å². The average Bonchev–Trinajstić information content (AvgIpc) is 3.64. The number of rotatable bonds is 6. The maximum Gasteiger partial charge on any atom is 0.418 e. The van der Waals surface area contributed by atoms with Gasteiger partial charge in [-0.25, -0.2) is 4.68 Å². The smallest absolute Gasteiger partial charge is 0.320 e. The van der Waals surface area contributed by atoms with E-state index in [-0.39, 0.29) is 19.9 Å². The van der Waals surface area contributed by atoms with Crippen LogP contribution in [0.2, 0.25) is 5.02 Å². The van der Waals surface area contributed by atoms with Crippen molar-refractivity contribution >= 4 is 46.2 Å². The number of halogens is 4. The van der Waals surface area contributed by atoms with Gasteiger partial charge in [0.2, 0.25) is 0 Å². The molecule has 6 rings (SSSR count). The van der Waals surface area contributed by atoms with Crippen LogP contribution in [0, 0.1) is 11.3 Å². The summed E-state index contributed by atoms with van der Waals surface area (Å²) in [6, 6.07) is 31.0. The van der Waals surface area contributed by atoms with Gasteiger partial charge in [0.1, 0.15) is 10.7 Å². The second-order valence-electron chi connectivity index (χ2n) is 10.1. The van der Waals surface area contributed by atoms with Crippen molar-refractivity contribution in [3.05, 3.63) is 151 Å². The van der Waals surface area contributed by atoms with Crippen LogP contribution in [0.25, 0.3) is 34.3 Å². The molecule has 0 atom stereocenters. The molecule has 2 heterocycles. The summed E-state index contributed by atoms with van der Waals surface area (Å²) in [5.74, 6) is -0.950. The van der Waals surface area contributed by atoms with Gasteiger partial charge in [-0.3, -0.25) is 14.2 Å². The number of amides is 1. The van der Waals surface area contributed by atoms with Gasteiger partial charge in [0, 0.05) is 17.3 Å². The van der Waals surface area contributed by atoms with Gasteiger partial charge in [0.15, 0.2) is 5.57 Å². The highest BCUT2D eigenvalue weighted by molar-refractivity contribution is 7.07. The van der Waals surface area contributed by atoms with Crippen molar-refractivity contribution in [2.45, 2.75) is 6.18 Å². The fourth-order valence-corrected chi connectivity index (χ4v) is 6.16. The Balaban J connectivity index is 1.65. The lowest BCUT2D eigenvalue weighted by atomic mass is 10.1. The SMILES string of the molecule is N#C/C(C(=O)Nc1ccccc1Cl)=c1/s/c(=C\c2cn(-c3ccccc3)nc2-c2ccccc2)c(=O)n1-c1ccccc1C(F)(F)F. The maximum atomic E-state index is 14.2. The Kier molecular flexibility index (Phi) is 8.63. The fourth-order valence-electron chi connectivity index (χ4n) is 4.89. The number of thiazole rings is 1. The van der Waals surface area contributed by atoms with Gasteiger partial charge in [-0.2, -0.15) is 23.5 Å². The van der Waals surface area contributed by atoms with Crippen LogP contribution in [0.4, 0.5) is 18.9 Å². The number of hydrogen-bond acceptors (Lipinski definition) is 5. The van der Waals surface area contributed by atoms with Gasteiger partial charge >= 0.3 is 6.18 Å². The lowest BCUT2D eigenvalue weighted by Crippen LogP contribution is -2.33. The van der Waals surface area contributed by atoms with E-state index in [4.69, 9.17) is 16.7 Å². The average molecular weight is 668 g/mol. The zero-order valence-electron chi connectivity index (χ0n) is 24.1. The van der Waals surface area contributed by atoms with Crippen LogP contribution in [-0.4, -0.2) is 20.3 Å². The Morgan fingerprint density at radius 2 is 1.55 bits per heavy atom. The predicted molar refractivity (Wildman–Crippen MR) is 176 cm³/mol. The molecule has 0 aliphatic rings. The van der Waals surface area contributed by atoms with E-state index < -0.39 is 34.5 Å². The molecule has 0 saturated carbocycles. The summed E-state index contributed by atoms with van der Waals surface area (Å²) >= 11 is 6.91. The number of carbonyl (C=O) groups is 1. The summed E-state index contributed by atoms with van der Waals surface area (Å²) in [5, 5.41) is 17.6. The van der Waals surface area contributed by atoms with E-state index in [9.17, 15) is 28.0 Å². The Labute approximate surface area is 274 Å². The van der Waals surface area contributed by atoms with E-state index >= 15 is 0 Å². The van der Waals surface area contributed by atoms with Crippen LogP contribution >= 0.6 is 22.9 Å². The summed E-state index contributed by atoms with van der Waals surface area (Å²) < 4.78 is 44.8. The number of alkyl halides is 3. The first-order chi connectivity index (χ1) is 22.7. The van der Waals surface area contributed by atoms with Crippen molar-refractivity contribution in [1.29, 1.82) is 5.26 Å². The number of benzene rings is 4. The number of nitrogens with one attached hydrogen (secondary N) is 1. The van der Waals surface area contributed by atoms with Crippen LogP contribution < -0.4 is 20.1 Å². The minimum absolute atomic E-state index is 0.0277. The Hall–Kier alpha value is -5.70. The molecule has 1 N–H and O–H groups in total. The van der Waals surface area contributed by atoms with Crippen LogP contribution in [0.15, 0.2) is 120 Å². The topological polar surface area (TPSA) is 92.7 Å². The molecule has 232 valence electrons. The zero-order chi connectivity index (χ0) is 33.1. The Bertz CT molecular complexity index is 2340. The van der Waals surface area contributed by atoms with Crippen molar-refractivity contribution in [2.75, 3.05) is 5.32 Å². The molecule has 6 aromatic rings. The number of carbonyl (C=O) groups excluding carboxylic acids is 1. The molecule has 0 spiro atoms. The molecule has 4 aromatic carbocycles. The van der Waals surface area contributed by atoms with E-state index in [0.29, 0.717) is 11.3 Å². The van der Waals surface area contributed by atoms with Gasteiger partial charge < -0.3 is 5.32 Å². The van der Waals surface area contributed by atoms with Crippen LogP contribution in [0.5, 0.6) is 0 Å². The van der Waals surface area contributed by atoms with E-state index in [1.807, 2.05) is 60.7 Å². The van der Waals surface area contributed by atoms with Crippen molar-refractivity contribution < 1.29 is 18.0 Å². The molecule has 0 saturated heterocycles. The number of para-hydroxylation sites is 3. The second-order valence-corrected chi connectivity index (χ2v) is 11.5. The van der Waals surface area contributed by atoms with E-state index in [0.717, 1.165) is 39.3 Å². The highest BCUT2D eigenvalue weighted by Crippen LogP contribution is 2.33. The molecular formula is C35H21ClF3N5O2S. The molecular weight excluding hydrogens is 647 g/mol. The number of nitrogens with zero attached hydrogens (tertiary/aromatic N) is 4. The summed E-state index contributed by atoms with van der Waals surface area (Å²) in [5.41, 5.74) is -0.428. The molecule has 1 amide bonds. The van der Waals surface area contributed by atoms with Gasteiger partial charge in [-0.15, -0.1) is 11.3 Å². The molecule has 0 bridgehead atoms. The third-order valence-electron chi connectivity index (χ3n) is 7.05. The van der Waals surface area contributed by atoms with E-state index in [2.05, 4.69) is 5.32 Å². The van der Waals surface area contributed by atoms with Gasteiger partial charge in [-0.05, 0) is 42.5 Å². The first-order valence-corrected chi connectivity index (χ1v) is 15.2. The molecule has 0 fully saturated rings. The Morgan fingerprint density at radius 3 is 2.23 bits per heavy atom. The molecule has 12 heteroatoms. The number of anilines is 1. The molecule has 0 aliphatic heterocycles. The fraction of sp³-hybridized carbons (Fsp3) is 0.0286. The Morgan fingerprint density at radius 1 is 0.915 bits per heavy atom. The summed E-state index contributed by atoms with van der Waals surface area (Å²) in [6.45, 7) is 0. The second kappa shape index (κ2) is 13.0. The number of nitriles is 1. The normalized spacial score (nSPS) is 12.4. The quantitative estimate of drug-likeness (QED) is 0.218. The van der Waals surface area contributed by atoms with Crippen molar-refractivity contribution in [1.82, 2.24) is 14.3 Å². The molecule has 2 aromatic heterocycles. The van der Waals surface area contributed by atoms with Gasteiger partial charge in [-0.1, -0.05) is 84.4 Å². The summed E-state index contributed by atoms with van der Waals surface area (Å²) in [4.78, 5) is 27.6. The third-order valence-corrected chi connectivity index (χ3v) is 8.47. The summed E-state index contributed by atoms with van der Waals surface area (Å²) in [6.07, 6.45) is -1.65. The van der Waals surface area contributed by atoms with Crippen LogP contribution in [-0.2, 0) is 11.0 Å². The third kappa shape index (κ3) is 6.37. The van der Waals surface area contributed by atoms with Gasteiger partial charge in [0.25, 0.3) is 11.5 Å². The van der Waals surface area contributed by atoms with Crippen molar-refractivity contribution in [3.8, 4) is 28.7 Å². The monoisotopic (exact) mass is 667 g/mol. The molecule has 0 unspecified atom stereocenters. The summed E-state index contributed by atoms with van der Waals surface area (Å²) in [7, 11) is 0. The largest absolute Gasteiger partial charge is 0.418 e. The highest BCUT2D eigenvalue weighted by atomic mass is 35.5. The van der Waals surface area contributed by atoms with Crippen LogP contribution in [0.3, 0.4) is 0 Å². The van der Waals surface area contributed by atoms with Crippen molar-refractivity contribution in [2.24, 2.45) is 0 Å². The highest BCUT2D eigenvalue weighted by Gasteiger charge is 2.34. The first-order valence-electron chi connectivity index (χ1n) is 14.0. The molecule has 0 radical (unpaired) electrons. The zero-order valence-corrected chi connectivity index (χ0v) is 25.6. The number of hydrogen-bond donors (Lipinski definition) is 1. The minimum atomic E-state index is -4.84. The lowest BCUT2D eigenvalue weighted by Gasteiger charge is -2.13. The van der Waals surface area contributed by atoms with Gasteiger partial charge in [0.05, 0.1) is 37.9 Å². The molecule has 7 nitrogen and oxygen atoms in total. The van der Waals surface area contributed by atoms with Crippen molar-refractivity contribution in [3.63, 3.8) is 0 Å². The molecule has 47 heavy (non-hydrogen) atoms. The maximum absolute atomic E-state index is 14.2. The van der Waals surface area contributed by atoms with Crippen LogP contribution in [0.1, 0.15) is 11.1 Å². The van der Waals surface area contributed by atoms with E-state index in [1.165, 1.54) is 30.3 Å². The minimum Gasteiger partial charge on any atom is -0.320 e. The number of aromatic nitrogens is 3. The lowest BCUT2D eigenvalue weighted by molar-refractivity contribution is -0.137. The first kappa shape index (κ1) is 31.3. The standard InChI is InChI=1S/C35H21ClF3N5O2S/c36-27-16-8-9-17-28(27)41-32(45)25(20-40)34-44(29-18-10-7-15-26(29)35(37,38)39)33(46)30(47-34)19-23-21-43(24-13-5-2-6-14-24)42-31(23)22-11-3-1-4-12-22/h1-19,21H,(H,41,45)/b30-19-,34-25-. The predicted octanol–water partition coefficient (Wildman–Crippen LogP) is 6.57.